The van der Waals surface area contributed by atoms with Crippen molar-refractivity contribution < 1.29 is 4.39 Å². The summed E-state index contributed by atoms with van der Waals surface area (Å²) in [6.07, 6.45) is 5.62. The quantitative estimate of drug-likeness (QED) is 0.776. The highest BCUT2D eigenvalue weighted by Crippen LogP contribution is 2.28. The third-order valence-electron chi connectivity index (χ3n) is 2.61. The highest BCUT2D eigenvalue weighted by atomic mass is 19.1. The lowest BCUT2D eigenvalue weighted by Crippen LogP contribution is -2.32. The van der Waals surface area contributed by atoms with E-state index in [-0.39, 0.29) is 5.92 Å². The molecular weight excluding hydrogens is 181 g/mol. The molecule has 0 spiro atoms. The number of hydrogen-bond acceptors (Lipinski definition) is 3. The maximum absolute atomic E-state index is 13.9. The topological polar surface area (TPSA) is 37.8 Å². The molecule has 3 nitrogen and oxygen atoms in total. The Morgan fingerprint density at radius 3 is 3.07 bits per heavy atom. The van der Waals surface area contributed by atoms with Crippen molar-refractivity contribution in [3.8, 4) is 0 Å². The van der Waals surface area contributed by atoms with Crippen LogP contribution in [0.4, 0.5) is 4.39 Å². The average Bonchev–Trinajstić information content (AvgIpc) is 2.30. The standard InChI is InChI=1S/C10H14FN3/c11-10(8-2-1-3-12-6-8)9-7-13-4-5-14-9/h4-5,7-8,10,12H,1-3,6H2. The van der Waals surface area contributed by atoms with Crippen LogP contribution < -0.4 is 5.32 Å². The molecule has 1 fully saturated rings. The molecule has 0 aliphatic carbocycles. The van der Waals surface area contributed by atoms with E-state index in [2.05, 4.69) is 15.3 Å². The van der Waals surface area contributed by atoms with E-state index in [9.17, 15) is 4.39 Å². The Balaban J connectivity index is 2.03. The first-order valence-electron chi connectivity index (χ1n) is 4.98. The average molecular weight is 195 g/mol. The number of nitrogens with one attached hydrogen (secondary N) is 1. The second-order valence-electron chi connectivity index (χ2n) is 3.64. The van der Waals surface area contributed by atoms with E-state index >= 15 is 0 Å². The zero-order chi connectivity index (χ0) is 9.80. The fourth-order valence-electron chi connectivity index (χ4n) is 1.82. The Kier molecular flexibility index (Phi) is 3.03. The Labute approximate surface area is 82.8 Å². The molecule has 2 heterocycles. The molecular formula is C10H14FN3. The van der Waals surface area contributed by atoms with Crippen LogP contribution in [-0.2, 0) is 0 Å². The fourth-order valence-corrected chi connectivity index (χ4v) is 1.82. The van der Waals surface area contributed by atoms with Crippen molar-refractivity contribution in [1.82, 2.24) is 15.3 Å². The summed E-state index contributed by atoms with van der Waals surface area (Å²) >= 11 is 0. The highest BCUT2D eigenvalue weighted by Gasteiger charge is 2.25. The van der Waals surface area contributed by atoms with Crippen LogP contribution in [0, 0.1) is 5.92 Å². The number of rotatable bonds is 2. The predicted octanol–water partition coefficient (Wildman–Crippen LogP) is 1.49. The van der Waals surface area contributed by atoms with Gasteiger partial charge in [0.15, 0.2) is 0 Å². The number of halogens is 1. The Morgan fingerprint density at radius 1 is 1.50 bits per heavy atom. The number of piperidine rings is 1. The number of hydrogen-bond donors (Lipinski definition) is 1. The number of aromatic nitrogens is 2. The number of alkyl halides is 1. The first-order chi connectivity index (χ1) is 6.88. The third-order valence-corrected chi connectivity index (χ3v) is 2.61. The monoisotopic (exact) mass is 195 g/mol. The van der Waals surface area contributed by atoms with Crippen molar-refractivity contribution in [2.45, 2.75) is 19.0 Å². The lowest BCUT2D eigenvalue weighted by Gasteiger charge is -2.25. The van der Waals surface area contributed by atoms with E-state index in [1.54, 1.807) is 6.20 Å². The lowest BCUT2D eigenvalue weighted by atomic mass is 9.93. The Hall–Kier alpha value is -1.03. The van der Waals surface area contributed by atoms with Gasteiger partial charge in [-0.3, -0.25) is 9.97 Å². The maximum Gasteiger partial charge on any atom is 0.147 e. The normalized spacial score (nSPS) is 24.5. The van der Waals surface area contributed by atoms with Crippen LogP contribution >= 0.6 is 0 Å². The van der Waals surface area contributed by atoms with Crippen LogP contribution in [0.2, 0.25) is 0 Å². The van der Waals surface area contributed by atoms with Gasteiger partial charge in [-0.05, 0) is 19.4 Å². The summed E-state index contributed by atoms with van der Waals surface area (Å²) in [6.45, 7) is 1.75. The largest absolute Gasteiger partial charge is 0.316 e. The fraction of sp³-hybridized carbons (Fsp3) is 0.600. The highest BCUT2D eigenvalue weighted by molar-refractivity contribution is 5.01. The molecule has 0 radical (unpaired) electrons. The Bertz CT molecular complexity index is 272. The van der Waals surface area contributed by atoms with Gasteiger partial charge in [-0.2, -0.15) is 0 Å². The summed E-state index contributed by atoms with van der Waals surface area (Å²) in [6, 6.07) is 0. The first kappa shape index (κ1) is 9.52. The van der Waals surface area contributed by atoms with E-state index in [1.807, 2.05) is 0 Å². The van der Waals surface area contributed by atoms with Crippen molar-refractivity contribution in [3.05, 3.63) is 24.3 Å². The molecule has 2 unspecified atom stereocenters. The van der Waals surface area contributed by atoms with E-state index in [0.717, 1.165) is 25.9 Å². The minimum absolute atomic E-state index is 0.0560. The van der Waals surface area contributed by atoms with Crippen molar-refractivity contribution >= 4 is 0 Å². The first-order valence-corrected chi connectivity index (χ1v) is 4.98. The van der Waals surface area contributed by atoms with Gasteiger partial charge < -0.3 is 5.32 Å². The molecule has 1 N–H and O–H groups in total. The van der Waals surface area contributed by atoms with Gasteiger partial charge in [-0.15, -0.1) is 0 Å². The zero-order valence-electron chi connectivity index (χ0n) is 7.99. The van der Waals surface area contributed by atoms with E-state index in [4.69, 9.17) is 0 Å². The summed E-state index contributed by atoms with van der Waals surface area (Å²) in [5.74, 6) is 0.0560. The smallest absolute Gasteiger partial charge is 0.147 e. The van der Waals surface area contributed by atoms with Gasteiger partial charge in [0.1, 0.15) is 6.17 Å². The molecule has 14 heavy (non-hydrogen) atoms. The van der Waals surface area contributed by atoms with Gasteiger partial charge >= 0.3 is 0 Å². The van der Waals surface area contributed by atoms with Crippen LogP contribution in [0.3, 0.4) is 0 Å². The minimum atomic E-state index is -0.975. The number of nitrogens with zero attached hydrogens (tertiary/aromatic N) is 2. The molecule has 4 heteroatoms. The molecule has 2 atom stereocenters. The molecule has 0 saturated carbocycles. The molecule has 1 aliphatic rings. The van der Waals surface area contributed by atoms with Crippen molar-refractivity contribution in [2.24, 2.45) is 5.92 Å². The predicted molar refractivity (Wildman–Crippen MR) is 51.5 cm³/mol. The van der Waals surface area contributed by atoms with Crippen molar-refractivity contribution in [3.63, 3.8) is 0 Å². The molecule has 0 bridgehead atoms. The van der Waals surface area contributed by atoms with Gasteiger partial charge in [0.05, 0.1) is 11.9 Å². The summed E-state index contributed by atoms with van der Waals surface area (Å²) in [7, 11) is 0. The van der Waals surface area contributed by atoms with Crippen LogP contribution in [-0.4, -0.2) is 23.1 Å². The van der Waals surface area contributed by atoms with Crippen LogP contribution in [0.1, 0.15) is 24.7 Å². The third kappa shape index (κ3) is 2.07. The van der Waals surface area contributed by atoms with E-state index in [0.29, 0.717) is 5.69 Å². The van der Waals surface area contributed by atoms with Crippen molar-refractivity contribution in [1.29, 1.82) is 0 Å². The van der Waals surface area contributed by atoms with Crippen molar-refractivity contribution in [2.75, 3.05) is 13.1 Å². The van der Waals surface area contributed by atoms with Crippen LogP contribution in [0.25, 0.3) is 0 Å². The second-order valence-corrected chi connectivity index (χ2v) is 3.64. The van der Waals surface area contributed by atoms with Gasteiger partial charge in [0, 0.05) is 24.9 Å². The molecule has 1 saturated heterocycles. The SMILES string of the molecule is FC(c1cnccn1)C1CCCNC1. The summed E-state index contributed by atoms with van der Waals surface area (Å²) in [5, 5.41) is 3.20. The molecule has 0 aromatic carbocycles. The Morgan fingerprint density at radius 2 is 2.43 bits per heavy atom. The maximum atomic E-state index is 13.9. The summed E-state index contributed by atoms with van der Waals surface area (Å²) in [5.41, 5.74) is 0.459. The minimum Gasteiger partial charge on any atom is -0.316 e. The van der Waals surface area contributed by atoms with Gasteiger partial charge in [-0.25, -0.2) is 4.39 Å². The molecule has 1 aliphatic heterocycles. The summed E-state index contributed by atoms with van der Waals surface area (Å²) in [4.78, 5) is 7.87. The molecule has 1 aromatic rings. The van der Waals surface area contributed by atoms with Gasteiger partial charge in [-0.1, -0.05) is 0 Å². The zero-order valence-corrected chi connectivity index (χ0v) is 7.99. The van der Waals surface area contributed by atoms with Crippen LogP contribution in [0.5, 0.6) is 0 Å². The molecule has 1 aromatic heterocycles. The van der Waals surface area contributed by atoms with Gasteiger partial charge in [0.2, 0.25) is 0 Å². The van der Waals surface area contributed by atoms with E-state index in [1.165, 1.54) is 12.4 Å². The summed E-state index contributed by atoms with van der Waals surface area (Å²) < 4.78 is 13.9. The lowest BCUT2D eigenvalue weighted by molar-refractivity contribution is 0.189. The molecule has 0 amide bonds. The van der Waals surface area contributed by atoms with Crippen LogP contribution in [0.15, 0.2) is 18.6 Å². The molecule has 76 valence electrons. The van der Waals surface area contributed by atoms with Gasteiger partial charge in [0.25, 0.3) is 0 Å². The molecule has 2 rings (SSSR count). The second kappa shape index (κ2) is 4.46. The van der Waals surface area contributed by atoms with E-state index < -0.39 is 6.17 Å².